The highest BCUT2D eigenvalue weighted by Gasteiger charge is 2.33. The molecule has 0 amide bonds. The van der Waals surface area contributed by atoms with E-state index in [4.69, 9.17) is 4.74 Å². The van der Waals surface area contributed by atoms with Crippen LogP contribution in [0.1, 0.15) is 38.2 Å². The highest BCUT2D eigenvalue weighted by Crippen LogP contribution is 2.27. The van der Waals surface area contributed by atoms with Gasteiger partial charge < -0.3 is 4.74 Å². The largest absolute Gasteiger partial charge is 0.375 e. The van der Waals surface area contributed by atoms with Crippen molar-refractivity contribution in [2.75, 3.05) is 13.2 Å². The molecule has 0 radical (unpaired) electrons. The van der Waals surface area contributed by atoms with Gasteiger partial charge in [-0.05, 0) is 37.8 Å². The fourth-order valence-electron chi connectivity index (χ4n) is 2.21. The van der Waals surface area contributed by atoms with Crippen LogP contribution in [0.25, 0.3) is 0 Å². The molecule has 1 aliphatic rings. The zero-order valence-electron chi connectivity index (χ0n) is 11.6. The molecule has 102 valence electrons. The van der Waals surface area contributed by atoms with E-state index in [0.29, 0.717) is 12.7 Å². The summed E-state index contributed by atoms with van der Waals surface area (Å²) in [7, 11) is 0. The molecule has 0 bridgehead atoms. The average Bonchev–Trinajstić information content (AvgIpc) is 2.42. The number of hydrogen-bond acceptors (Lipinski definition) is 3. The second-order valence-corrected chi connectivity index (χ2v) is 5.17. The van der Waals surface area contributed by atoms with Crippen LogP contribution in [0.2, 0.25) is 0 Å². The molecule has 1 atom stereocenters. The van der Waals surface area contributed by atoms with E-state index in [9.17, 15) is 5.26 Å². The molecule has 0 aliphatic heterocycles. The van der Waals surface area contributed by atoms with Gasteiger partial charge in [-0.25, -0.2) is 0 Å². The fraction of sp³-hybridized carbons (Fsp3) is 0.562. The van der Waals surface area contributed by atoms with Crippen molar-refractivity contribution >= 4 is 0 Å². The summed E-state index contributed by atoms with van der Waals surface area (Å²) in [4.78, 5) is 0. The van der Waals surface area contributed by atoms with Gasteiger partial charge in [-0.3, -0.25) is 5.32 Å². The monoisotopic (exact) mass is 258 g/mol. The van der Waals surface area contributed by atoms with E-state index in [1.165, 1.54) is 6.42 Å². The Hall–Kier alpha value is -1.37. The molecule has 0 spiro atoms. The molecule has 1 saturated carbocycles. The van der Waals surface area contributed by atoms with Gasteiger partial charge in [0.15, 0.2) is 5.54 Å². The molecule has 0 saturated heterocycles. The average molecular weight is 258 g/mol. The van der Waals surface area contributed by atoms with Crippen LogP contribution in [-0.2, 0) is 10.3 Å². The molecule has 1 aromatic rings. The second-order valence-electron chi connectivity index (χ2n) is 5.17. The van der Waals surface area contributed by atoms with Gasteiger partial charge in [-0.15, -0.1) is 0 Å². The van der Waals surface area contributed by atoms with E-state index in [1.54, 1.807) is 0 Å². The molecule has 1 aliphatic carbocycles. The van der Waals surface area contributed by atoms with E-state index >= 15 is 0 Å². The summed E-state index contributed by atoms with van der Waals surface area (Å²) in [6.07, 6.45) is 4.85. The van der Waals surface area contributed by atoms with Crippen LogP contribution in [0.15, 0.2) is 30.3 Å². The normalized spacial score (nSPS) is 18.3. The van der Waals surface area contributed by atoms with Crippen molar-refractivity contribution in [3.63, 3.8) is 0 Å². The summed E-state index contributed by atoms with van der Waals surface area (Å²) >= 11 is 0. The molecule has 0 aromatic heterocycles. The molecule has 19 heavy (non-hydrogen) atoms. The Morgan fingerprint density at radius 2 is 2.11 bits per heavy atom. The molecule has 3 heteroatoms. The molecule has 1 aromatic carbocycles. The van der Waals surface area contributed by atoms with Crippen molar-refractivity contribution in [2.24, 2.45) is 0 Å². The Morgan fingerprint density at radius 3 is 2.63 bits per heavy atom. The molecule has 1 unspecified atom stereocenters. The third-order valence-corrected chi connectivity index (χ3v) is 3.72. The van der Waals surface area contributed by atoms with E-state index in [1.807, 2.05) is 30.3 Å². The first-order valence-corrected chi connectivity index (χ1v) is 7.14. The van der Waals surface area contributed by atoms with E-state index in [0.717, 1.165) is 31.4 Å². The van der Waals surface area contributed by atoms with Gasteiger partial charge >= 0.3 is 0 Å². The molecule has 1 fully saturated rings. The zero-order valence-corrected chi connectivity index (χ0v) is 11.6. The van der Waals surface area contributed by atoms with Gasteiger partial charge in [0.2, 0.25) is 0 Å². The lowest BCUT2D eigenvalue weighted by atomic mass is 9.91. The number of rotatable bonds is 7. The molecule has 0 heterocycles. The van der Waals surface area contributed by atoms with Crippen LogP contribution in [0.5, 0.6) is 0 Å². The zero-order chi connectivity index (χ0) is 13.6. The predicted octanol–water partition coefficient (Wildman–Crippen LogP) is 2.97. The summed E-state index contributed by atoms with van der Waals surface area (Å²) in [5.41, 5.74) is 0.276. The Morgan fingerprint density at radius 1 is 1.37 bits per heavy atom. The van der Waals surface area contributed by atoms with Crippen LogP contribution in [-0.4, -0.2) is 19.3 Å². The Bertz CT molecular complexity index is 422. The van der Waals surface area contributed by atoms with Gasteiger partial charge in [-0.1, -0.05) is 37.3 Å². The van der Waals surface area contributed by atoms with E-state index in [2.05, 4.69) is 18.3 Å². The fourth-order valence-corrected chi connectivity index (χ4v) is 2.21. The summed E-state index contributed by atoms with van der Waals surface area (Å²) in [5.74, 6) is 0. The lowest BCUT2D eigenvalue weighted by Crippen LogP contribution is -2.47. The Balaban J connectivity index is 2.12. The molecular formula is C16H22N2O. The van der Waals surface area contributed by atoms with Crippen LogP contribution < -0.4 is 5.32 Å². The highest BCUT2D eigenvalue weighted by molar-refractivity contribution is 5.31. The van der Waals surface area contributed by atoms with E-state index in [-0.39, 0.29) is 0 Å². The van der Waals surface area contributed by atoms with Crippen molar-refractivity contribution in [1.82, 2.24) is 5.32 Å². The molecule has 2 rings (SSSR count). The lowest BCUT2D eigenvalue weighted by Gasteiger charge is -2.33. The predicted molar refractivity (Wildman–Crippen MR) is 75.6 cm³/mol. The van der Waals surface area contributed by atoms with Crippen molar-refractivity contribution in [3.8, 4) is 6.07 Å². The van der Waals surface area contributed by atoms with Crippen LogP contribution in [0.4, 0.5) is 0 Å². The van der Waals surface area contributed by atoms with Crippen LogP contribution in [0, 0.1) is 11.3 Å². The summed E-state index contributed by atoms with van der Waals surface area (Å²) < 4.78 is 5.90. The second kappa shape index (κ2) is 6.70. The first-order chi connectivity index (χ1) is 9.30. The minimum absolute atomic E-state index is 0.347. The lowest BCUT2D eigenvalue weighted by molar-refractivity contribution is -0.0206. The van der Waals surface area contributed by atoms with Crippen molar-refractivity contribution in [1.29, 1.82) is 5.26 Å². The topological polar surface area (TPSA) is 45.0 Å². The van der Waals surface area contributed by atoms with Gasteiger partial charge in [-0.2, -0.15) is 5.26 Å². The number of benzene rings is 1. The minimum atomic E-state index is -0.715. The summed E-state index contributed by atoms with van der Waals surface area (Å²) in [6.45, 7) is 3.35. The van der Waals surface area contributed by atoms with Gasteiger partial charge in [0.05, 0.1) is 18.8 Å². The maximum Gasteiger partial charge on any atom is 0.155 e. The van der Waals surface area contributed by atoms with Gasteiger partial charge in [0.25, 0.3) is 0 Å². The van der Waals surface area contributed by atoms with Crippen molar-refractivity contribution in [3.05, 3.63) is 35.9 Å². The molecular weight excluding hydrogens is 236 g/mol. The minimum Gasteiger partial charge on any atom is -0.375 e. The third kappa shape index (κ3) is 3.34. The number of nitrogens with zero attached hydrogens (tertiary/aromatic N) is 1. The van der Waals surface area contributed by atoms with Crippen molar-refractivity contribution in [2.45, 2.75) is 44.2 Å². The molecule has 1 N–H and O–H groups in total. The quantitative estimate of drug-likeness (QED) is 0.817. The molecule has 3 nitrogen and oxygen atoms in total. The van der Waals surface area contributed by atoms with Crippen molar-refractivity contribution < 1.29 is 4.74 Å². The maximum atomic E-state index is 9.67. The van der Waals surface area contributed by atoms with Crippen LogP contribution >= 0.6 is 0 Å². The van der Waals surface area contributed by atoms with Gasteiger partial charge in [0, 0.05) is 0 Å². The summed E-state index contributed by atoms with van der Waals surface area (Å²) in [6, 6.07) is 12.3. The number of ether oxygens (including phenoxy) is 1. The maximum absolute atomic E-state index is 9.67. The number of nitriles is 1. The number of hydrogen-bond donors (Lipinski definition) is 1. The van der Waals surface area contributed by atoms with E-state index < -0.39 is 5.54 Å². The first kappa shape index (κ1) is 14.0. The van der Waals surface area contributed by atoms with Gasteiger partial charge in [0.1, 0.15) is 0 Å². The first-order valence-electron chi connectivity index (χ1n) is 7.14. The highest BCUT2D eigenvalue weighted by atomic mass is 16.5. The number of nitrogens with one attached hydrogen (secondary N) is 1. The third-order valence-electron chi connectivity index (χ3n) is 3.72. The smallest absolute Gasteiger partial charge is 0.155 e. The Labute approximate surface area is 115 Å². The summed E-state index contributed by atoms with van der Waals surface area (Å²) in [5, 5.41) is 13.0. The van der Waals surface area contributed by atoms with Crippen LogP contribution in [0.3, 0.4) is 0 Å². The SMILES string of the molecule is CCCNC(C#N)(COC1CCC1)c1ccccc1. The Kier molecular flexibility index (Phi) is 4.95. The standard InChI is InChI=1S/C16H22N2O/c1-2-11-18-16(12-17,13-19-15-9-6-10-15)14-7-4-3-5-8-14/h3-5,7-8,15,18H,2,6,9-11,13H2,1H3.